The number of rotatable bonds is 7. The van der Waals surface area contributed by atoms with E-state index in [1.165, 1.54) is 0 Å². The number of ketones is 1. The molecular formula is C17H29BrN2O. The Kier molecular flexibility index (Phi) is 6.64. The minimum Gasteiger partial charge on any atom is -0.299 e. The van der Waals surface area contributed by atoms with E-state index in [2.05, 4.69) is 62.6 Å². The maximum absolute atomic E-state index is 12.4. The number of carbonyl (C=O) groups excluding carboxylic acids is 1. The maximum Gasteiger partial charge on any atom is 0.139 e. The molecule has 1 unspecified atom stereocenters. The number of Topliss-reactive ketones (excluding diaryl/α,β-unsaturated/α-hetero) is 1. The van der Waals surface area contributed by atoms with Crippen molar-refractivity contribution in [2.75, 3.05) is 0 Å². The molecule has 1 aromatic rings. The average molecular weight is 357 g/mol. The number of hydrogen-bond acceptors (Lipinski definition) is 2. The molecule has 0 N–H and O–H groups in total. The van der Waals surface area contributed by atoms with Gasteiger partial charge in [0.05, 0.1) is 15.9 Å². The quantitative estimate of drug-likeness (QED) is 0.702. The van der Waals surface area contributed by atoms with Gasteiger partial charge in [0.1, 0.15) is 5.78 Å². The molecule has 0 aromatic carbocycles. The standard InChI is InChI=1S/C17H29BrN2O/c1-7-14-16(18)15(20(8-2)19-14)10-13(21)9-12(3)11-17(4,5)6/h12H,7-11H2,1-6H3. The van der Waals surface area contributed by atoms with Crippen molar-refractivity contribution in [3.8, 4) is 0 Å². The van der Waals surface area contributed by atoms with Crippen LogP contribution in [0.4, 0.5) is 0 Å². The molecule has 0 aliphatic carbocycles. The molecule has 0 amide bonds. The molecule has 0 saturated heterocycles. The fourth-order valence-corrected chi connectivity index (χ4v) is 3.66. The molecular weight excluding hydrogens is 328 g/mol. The second kappa shape index (κ2) is 7.57. The Morgan fingerprint density at radius 1 is 1.33 bits per heavy atom. The van der Waals surface area contributed by atoms with Crippen molar-refractivity contribution in [1.82, 2.24) is 9.78 Å². The van der Waals surface area contributed by atoms with E-state index in [4.69, 9.17) is 0 Å². The molecule has 1 atom stereocenters. The lowest BCUT2D eigenvalue weighted by atomic mass is 9.83. The van der Waals surface area contributed by atoms with Gasteiger partial charge in [-0.05, 0) is 47.0 Å². The highest BCUT2D eigenvalue weighted by Crippen LogP contribution is 2.27. The summed E-state index contributed by atoms with van der Waals surface area (Å²) >= 11 is 3.61. The molecule has 1 rings (SSSR count). The molecule has 1 heterocycles. The normalized spacial score (nSPS) is 13.5. The van der Waals surface area contributed by atoms with E-state index in [9.17, 15) is 4.79 Å². The van der Waals surface area contributed by atoms with E-state index in [0.717, 1.165) is 35.2 Å². The summed E-state index contributed by atoms with van der Waals surface area (Å²) < 4.78 is 2.97. The first kappa shape index (κ1) is 18.4. The largest absolute Gasteiger partial charge is 0.299 e. The number of aromatic nitrogens is 2. The summed E-state index contributed by atoms with van der Waals surface area (Å²) in [6.45, 7) is 13.8. The molecule has 0 radical (unpaired) electrons. The van der Waals surface area contributed by atoms with Crippen LogP contribution in [0.2, 0.25) is 0 Å². The zero-order valence-electron chi connectivity index (χ0n) is 14.3. The van der Waals surface area contributed by atoms with Crippen LogP contribution in [0, 0.1) is 11.3 Å². The predicted molar refractivity (Wildman–Crippen MR) is 91.5 cm³/mol. The lowest BCUT2D eigenvalue weighted by Crippen LogP contribution is -2.16. The van der Waals surface area contributed by atoms with Gasteiger partial charge in [-0.25, -0.2) is 0 Å². The average Bonchev–Trinajstić information content (AvgIpc) is 2.63. The van der Waals surface area contributed by atoms with E-state index in [-0.39, 0.29) is 5.41 Å². The van der Waals surface area contributed by atoms with Gasteiger partial charge in [-0.2, -0.15) is 5.10 Å². The van der Waals surface area contributed by atoms with Crippen molar-refractivity contribution in [2.24, 2.45) is 11.3 Å². The van der Waals surface area contributed by atoms with Crippen molar-refractivity contribution < 1.29 is 4.79 Å². The van der Waals surface area contributed by atoms with Crippen molar-refractivity contribution in [3.63, 3.8) is 0 Å². The van der Waals surface area contributed by atoms with Gasteiger partial charge in [0.25, 0.3) is 0 Å². The van der Waals surface area contributed by atoms with Gasteiger partial charge in [0, 0.05) is 19.4 Å². The third-order valence-corrected chi connectivity index (χ3v) is 4.51. The van der Waals surface area contributed by atoms with Crippen LogP contribution in [-0.2, 0) is 24.2 Å². The third-order valence-electron chi connectivity index (χ3n) is 3.60. The van der Waals surface area contributed by atoms with Gasteiger partial charge in [0.15, 0.2) is 0 Å². The van der Waals surface area contributed by atoms with Crippen molar-refractivity contribution in [2.45, 2.75) is 73.8 Å². The van der Waals surface area contributed by atoms with Crippen LogP contribution in [0.3, 0.4) is 0 Å². The minimum atomic E-state index is 0.279. The highest BCUT2D eigenvalue weighted by Gasteiger charge is 2.21. The SMILES string of the molecule is CCc1nn(CC)c(CC(=O)CC(C)CC(C)(C)C)c1Br. The number of nitrogens with zero attached hydrogens (tertiary/aromatic N) is 2. The molecule has 1 aromatic heterocycles. The molecule has 21 heavy (non-hydrogen) atoms. The Bertz CT molecular complexity index is 486. The summed E-state index contributed by atoms with van der Waals surface area (Å²) in [4.78, 5) is 12.4. The Hall–Kier alpha value is -0.640. The summed E-state index contributed by atoms with van der Waals surface area (Å²) in [7, 11) is 0. The van der Waals surface area contributed by atoms with Crippen molar-refractivity contribution in [1.29, 1.82) is 0 Å². The molecule has 3 nitrogen and oxygen atoms in total. The topological polar surface area (TPSA) is 34.9 Å². The highest BCUT2D eigenvalue weighted by atomic mass is 79.9. The van der Waals surface area contributed by atoms with Crippen LogP contribution in [0.15, 0.2) is 4.47 Å². The van der Waals surface area contributed by atoms with Gasteiger partial charge in [-0.15, -0.1) is 0 Å². The lowest BCUT2D eigenvalue weighted by Gasteiger charge is -2.22. The first-order chi connectivity index (χ1) is 9.67. The van der Waals surface area contributed by atoms with Crippen LogP contribution in [0.5, 0.6) is 0 Å². The molecule has 0 fully saturated rings. The van der Waals surface area contributed by atoms with E-state index >= 15 is 0 Å². The smallest absolute Gasteiger partial charge is 0.139 e. The van der Waals surface area contributed by atoms with E-state index in [0.29, 0.717) is 24.5 Å². The van der Waals surface area contributed by atoms with E-state index < -0.39 is 0 Å². The third kappa shape index (κ3) is 5.57. The van der Waals surface area contributed by atoms with E-state index in [1.807, 2.05) is 4.68 Å². The number of carbonyl (C=O) groups is 1. The Morgan fingerprint density at radius 3 is 2.43 bits per heavy atom. The molecule has 4 heteroatoms. The molecule has 0 saturated carbocycles. The Labute approximate surface area is 137 Å². The maximum atomic E-state index is 12.4. The van der Waals surface area contributed by atoms with Crippen LogP contribution in [-0.4, -0.2) is 15.6 Å². The van der Waals surface area contributed by atoms with Gasteiger partial charge in [-0.3, -0.25) is 9.48 Å². The second-order valence-corrected chi connectivity index (χ2v) is 7.96. The first-order valence-electron chi connectivity index (χ1n) is 7.93. The number of aryl methyl sites for hydroxylation is 2. The van der Waals surface area contributed by atoms with E-state index in [1.54, 1.807) is 0 Å². The first-order valence-corrected chi connectivity index (χ1v) is 8.73. The fourth-order valence-electron chi connectivity index (χ4n) is 2.95. The van der Waals surface area contributed by atoms with Crippen molar-refractivity contribution >= 4 is 21.7 Å². The highest BCUT2D eigenvalue weighted by molar-refractivity contribution is 9.10. The molecule has 0 spiro atoms. The summed E-state index contributed by atoms with van der Waals surface area (Å²) in [6.07, 6.45) is 3.10. The van der Waals surface area contributed by atoms with Gasteiger partial charge in [-0.1, -0.05) is 34.6 Å². The Morgan fingerprint density at radius 2 is 1.95 bits per heavy atom. The van der Waals surface area contributed by atoms with Gasteiger partial charge < -0.3 is 0 Å². The zero-order valence-corrected chi connectivity index (χ0v) is 15.9. The molecule has 0 aliphatic rings. The number of halogens is 1. The molecule has 0 bridgehead atoms. The monoisotopic (exact) mass is 356 g/mol. The van der Waals surface area contributed by atoms with Crippen LogP contribution in [0.1, 0.15) is 65.8 Å². The van der Waals surface area contributed by atoms with Gasteiger partial charge in [0.2, 0.25) is 0 Å². The summed E-state index contributed by atoms with van der Waals surface area (Å²) in [5.41, 5.74) is 2.35. The van der Waals surface area contributed by atoms with Crippen LogP contribution >= 0.6 is 15.9 Å². The second-order valence-electron chi connectivity index (χ2n) is 7.17. The predicted octanol–water partition coefficient (Wildman–Crippen LogP) is 4.80. The zero-order chi connectivity index (χ0) is 16.2. The Balaban J connectivity index is 2.73. The van der Waals surface area contributed by atoms with Crippen LogP contribution < -0.4 is 0 Å². The van der Waals surface area contributed by atoms with Gasteiger partial charge >= 0.3 is 0 Å². The van der Waals surface area contributed by atoms with Crippen LogP contribution in [0.25, 0.3) is 0 Å². The number of hydrogen-bond donors (Lipinski definition) is 0. The fraction of sp³-hybridized carbons (Fsp3) is 0.765. The lowest BCUT2D eigenvalue weighted by molar-refractivity contribution is -0.119. The van der Waals surface area contributed by atoms with Crippen molar-refractivity contribution in [3.05, 3.63) is 15.9 Å². The minimum absolute atomic E-state index is 0.279. The summed E-state index contributed by atoms with van der Waals surface area (Å²) in [5.74, 6) is 0.740. The molecule has 120 valence electrons. The molecule has 0 aliphatic heterocycles. The summed E-state index contributed by atoms with van der Waals surface area (Å²) in [6, 6.07) is 0. The summed E-state index contributed by atoms with van der Waals surface area (Å²) in [5, 5.41) is 4.56.